The average molecular weight is 412 g/mol. The lowest BCUT2D eigenvalue weighted by Gasteiger charge is -2.14. The maximum Gasteiger partial charge on any atom is 0.221 e. The van der Waals surface area contributed by atoms with Crippen molar-refractivity contribution >= 4 is 12.1 Å². The number of pyridine rings is 1. The van der Waals surface area contributed by atoms with E-state index in [1.54, 1.807) is 43.0 Å². The zero-order chi connectivity index (χ0) is 21.9. The van der Waals surface area contributed by atoms with Gasteiger partial charge in [-0.3, -0.25) is 10.2 Å². The highest BCUT2D eigenvalue weighted by molar-refractivity contribution is 5.65. The van der Waals surface area contributed by atoms with Crippen LogP contribution in [0.1, 0.15) is 11.1 Å². The minimum absolute atomic E-state index is 0.323. The normalized spacial score (nSPS) is 9.77. The summed E-state index contributed by atoms with van der Waals surface area (Å²) in [6, 6.07) is 14.2. The third kappa shape index (κ3) is 5.92. The van der Waals surface area contributed by atoms with Gasteiger partial charge >= 0.3 is 0 Å². The van der Waals surface area contributed by atoms with Gasteiger partial charge < -0.3 is 14.8 Å². The van der Waals surface area contributed by atoms with Crippen LogP contribution in [-0.4, -0.2) is 25.6 Å². The summed E-state index contributed by atoms with van der Waals surface area (Å²) in [5.74, 6) is 5.17. The molecule has 3 rings (SSSR count). The third-order valence-electron chi connectivity index (χ3n) is 4.33. The summed E-state index contributed by atoms with van der Waals surface area (Å²) < 4.78 is 25.2. The van der Waals surface area contributed by atoms with Gasteiger partial charge in [0.1, 0.15) is 18.2 Å². The summed E-state index contributed by atoms with van der Waals surface area (Å²) in [5, 5.41) is 3.17. The third-order valence-corrected chi connectivity index (χ3v) is 4.33. The fourth-order valence-corrected chi connectivity index (χ4v) is 2.76. The quantitative estimate of drug-likeness (QED) is 0.238. The van der Waals surface area contributed by atoms with Crippen LogP contribution in [0.5, 0.6) is 11.6 Å². The van der Waals surface area contributed by atoms with E-state index in [0.29, 0.717) is 35.8 Å². The Kier molecular flexibility index (Phi) is 8.58. The molecule has 3 aromatic rings. The van der Waals surface area contributed by atoms with E-state index in [2.05, 4.69) is 16.1 Å². The fraction of sp³-hybridized carbons (Fsp3) is 0.182. The van der Waals surface area contributed by atoms with Crippen LogP contribution in [0.15, 0.2) is 54.7 Å². The molecule has 1 aromatic heterocycles. The van der Waals surface area contributed by atoms with E-state index in [0.717, 1.165) is 16.8 Å². The second-order valence-corrected chi connectivity index (χ2v) is 6.16. The number of nitrogens with one attached hydrogen (secondary N) is 2. The Morgan fingerprint density at radius 2 is 1.97 bits per heavy atom. The van der Waals surface area contributed by atoms with Gasteiger partial charge in [0.2, 0.25) is 12.3 Å². The van der Waals surface area contributed by atoms with Crippen molar-refractivity contribution in [2.24, 2.45) is 5.84 Å². The lowest BCUT2D eigenvalue weighted by atomic mass is 10.1. The molecule has 0 saturated carbocycles. The minimum atomic E-state index is -0.323. The molecule has 4 N–H and O–H groups in total. The molecule has 1 amide bonds. The highest BCUT2D eigenvalue weighted by atomic mass is 19.1. The maximum atomic E-state index is 14.3. The number of ether oxygens (including phenoxy) is 2. The number of carbonyl (C=O) groups is 1. The molecule has 158 valence electrons. The predicted octanol–water partition coefficient (Wildman–Crippen LogP) is 3.43. The number of methoxy groups -OCH3 is 1. The zero-order valence-corrected chi connectivity index (χ0v) is 17.1. The van der Waals surface area contributed by atoms with Gasteiger partial charge in [0.25, 0.3) is 0 Å². The molecule has 8 heteroatoms. The van der Waals surface area contributed by atoms with Crippen LogP contribution in [0, 0.1) is 12.7 Å². The van der Waals surface area contributed by atoms with Crippen LogP contribution >= 0.6 is 0 Å². The van der Waals surface area contributed by atoms with Gasteiger partial charge in [0.05, 0.1) is 7.11 Å². The van der Waals surface area contributed by atoms with Gasteiger partial charge in [0, 0.05) is 41.7 Å². The van der Waals surface area contributed by atoms with Gasteiger partial charge in [-0.1, -0.05) is 12.1 Å². The monoisotopic (exact) mass is 412 g/mol. The van der Waals surface area contributed by atoms with Crippen molar-refractivity contribution in [3.8, 4) is 22.8 Å². The van der Waals surface area contributed by atoms with Gasteiger partial charge in [-0.15, -0.1) is 0 Å². The molecule has 0 atom stereocenters. The van der Waals surface area contributed by atoms with Crippen LogP contribution in [-0.2, 0) is 11.4 Å². The lowest BCUT2D eigenvalue weighted by Crippen LogP contribution is -2.18. The van der Waals surface area contributed by atoms with Crippen LogP contribution in [0.25, 0.3) is 11.1 Å². The highest BCUT2D eigenvalue weighted by Crippen LogP contribution is 2.29. The maximum absolute atomic E-state index is 14.3. The molecule has 2 aromatic carbocycles. The van der Waals surface area contributed by atoms with Gasteiger partial charge in [-0.25, -0.2) is 15.2 Å². The summed E-state index contributed by atoms with van der Waals surface area (Å²) in [5.41, 5.74) is 6.09. The molecule has 0 aliphatic heterocycles. The average Bonchev–Trinajstić information content (AvgIpc) is 2.79. The van der Waals surface area contributed by atoms with E-state index >= 15 is 0 Å². The Balaban J connectivity index is 0.000000735. The Bertz CT molecular complexity index is 965. The van der Waals surface area contributed by atoms with Crippen molar-refractivity contribution in [2.75, 3.05) is 19.5 Å². The molecule has 0 bridgehead atoms. The van der Waals surface area contributed by atoms with Crippen molar-refractivity contribution in [2.45, 2.75) is 13.5 Å². The lowest BCUT2D eigenvalue weighted by molar-refractivity contribution is -0.109. The van der Waals surface area contributed by atoms with E-state index in [-0.39, 0.29) is 5.82 Å². The number of hydrogen-bond donors (Lipinski definition) is 3. The second kappa shape index (κ2) is 11.4. The van der Waals surface area contributed by atoms with Crippen LogP contribution in [0.4, 0.5) is 10.1 Å². The Labute approximate surface area is 175 Å². The van der Waals surface area contributed by atoms with Crippen molar-refractivity contribution < 1.29 is 18.7 Å². The van der Waals surface area contributed by atoms with Crippen LogP contribution in [0.3, 0.4) is 0 Å². The molecule has 0 saturated heterocycles. The molecule has 1 heterocycles. The number of anilines is 1. The highest BCUT2D eigenvalue weighted by Gasteiger charge is 2.10. The first-order valence-corrected chi connectivity index (χ1v) is 9.12. The Morgan fingerprint density at radius 1 is 1.20 bits per heavy atom. The summed E-state index contributed by atoms with van der Waals surface area (Å²) in [7, 11) is 3.42. The topological polar surface area (TPSA) is 98.5 Å². The first kappa shape index (κ1) is 22.6. The van der Waals surface area contributed by atoms with E-state index in [9.17, 15) is 4.39 Å². The van der Waals surface area contributed by atoms with Crippen LogP contribution < -0.4 is 26.1 Å². The number of hydrazine groups is 1. The standard InChI is InChI=1S/C21H21FN2O2.CH4N2O/c1-14-5-4-6-20(23-2)18(14)13-26-16-8-9-19(22)17(11-16)15-7-10-21(25-3)24-12-15;2-3-1-4/h4-12,23H,13H2,1-3H3;1H,2H2,(H,3,4). The Hall–Kier alpha value is -3.65. The molecule has 0 spiro atoms. The van der Waals surface area contributed by atoms with Crippen molar-refractivity contribution in [1.29, 1.82) is 0 Å². The molecular weight excluding hydrogens is 387 g/mol. The number of rotatable bonds is 7. The SMILES string of the molecule is CNc1cccc(C)c1COc1ccc(F)c(-c2ccc(OC)nc2)c1.NNC=O. The first-order chi connectivity index (χ1) is 14.5. The molecule has 30 heavy (non-hydrogen) atoms. The van der Waals surface area contributed by atoms with Crippen molar-refractivity contribution in [3.05, 3.63) is 71.7 Å². The largest absolute Gasteiger partial charge is 0.489 e. The molecule has 0 unspecified atom stereocenters. The van der Waals surface area contributed by atoms with Crippen molar-refractivity contribution in [3.63, 3.8) is 0 Å². The molecular formula is C22H25FN4O3. The first-order valence-electron chi connectivity index (χ1n) is 9.12. The fourth-order valence-electron chi connectivity index (χ4n) is 2.76. The van der Waals surface area contributed by atoms with E-state index < -0.39 is 0 Å². The Morgan fingerprint density at radius 3 is 2.57 bits per heavy atom. The number of halogens is 1. The number of aryl methyl sites for hydroxylation is 1. The molecule has 0 aliphatic carbocycles. The zero-order valence-electron chi connectivity index (χ0n) is 17.1. The molecule has 0 fully saturated rings. The second-order valence-electron chi connectivity index (χ2n) is 6.16. The van der Waals surface area contributed by atoms with E-state index in [4.69, 9.17) is 14.3 Å². The number of carbonyl (C=O) groups excluding carboxylic acids is 1. The number of nitrogens with zero attached hydrogens (tertiary/aromatic N) is 1. The summed E-state index contributed by atoms with van der Waals surface area (Å²) in [6.45, 7) is 2.44. The summed E-state index contributed by atoms with van der Waals surface area (Å²) in [6.07, 6.45) is 1.99. The van der Waals surface area contributed by atoms with Gasteiger partial charge in [0.15, 0.2) is 0 Å². The van der Waals surface area contributed by atoms with E-state index in [1.165, 1.54) is 6.07 Å². The minimum Gasteiger partial charge on any atom is -0.489 e. The number of benzene rings is 2. The van der Waals surface area contributed by atoms with Gasteiger partial charge in [-0.2, -0.15) is 0 Å². The number of amides is 1. The number of aromatic nitrogens is 1. The summed E-state index contributed by atoms with van der Waals surface area (Å²) >= 11 is 0. The predicted molar refractivity (Wildman–Crippen MR) is 115 cm³/mol. The van der Waals surface area contributed by atoms with Gasteiger partial charge in [-0.05, 0) is 42.8 Å². The molecule has 7 nitrogen and oxygen atoms in total. The molecule has 0 radical (unpaired) electrons. The van der Waals surface area contributed by atoms with Crippen LogP contribution in [0.2, 0.25) is 0 Å². The number of hydrogen-bond acceptors (Lipinski definition) is 6. The van der Waals surface area contributed by atoms with Crippen molar-refractivity contribution in [1.82, 2.24) is 10.4 Å². The smallest absolute Gasteiger partial charge is 0.221 e. The molecule has 0 aliphatic rings. The number of nitrogens with two attached hydrogens (primary N) is 1. The van der Waals surface area contributed by atoms with E-state index in [1.807, 2.05) is 32.2 Å². The summed E-state index contributed by atoms with van der Waals surface area (Å²) in [4.78, 5) is 13.1.